The fourth-order valence-corrected chi connectivity index (χ4v) is 11.6. The van der Waals surface area contributed by atoms with Crippen molar-refractivity contribution >= 4 is 15.9 Å². The first-order valence-corrected chi connectivity index (χ1v) is 14.2. The minimum Gasteiger partial charge on any atom is -0.308 e. The molecule has 0 radical (unpaired) electrons. The second-order valence-corrected chi connectivity index (χ2v) is 13.0. The SMILES string of the molecule is O=C1CC2N1C=CCS2(C(c1ccccc1)c1ccccc1)C(c1ccccc1)c1ccccc1. The molecule has 0 spiro atoms. The number of hydrogen-bond acceptors (Lipinski definition) is 1. The van der Waals surface area contributed by atoms with Crippen LogP contribution in [0.25, 0.3) is 0 Å². The number of fused-ring (bicyclic) bond motifs is 1. The van der Waals surface area contributed by atoms with Gasteiger partial charge in [-0.05, 0) is 22.3 Å². The van der Waals surface area contributed by atoms with Crippen LogP contribution in [0.2, 0.25) is 0 Å². The maximum atomic E-state index is 12.8. The van der Waals surface area contributed by atoms with Gasteiger partial charge in [-0.25, -0.2) is 0 Å². The van der Waals surface area contributed by atoms with Gasteiger partial charge in [0, 0.05) is 22.5 Å². The lowest BCUT2D eigenvalue weighted by atomic mass is 10.0. The van der Waals surface area contributed by atoms with Crippen LogP contribution in [0.5, 0.6) is 0 Å². The van der Waals surface area contributed by atoms with Crippen molar-refractivity contribution < 1.29 is 4.79 Å². The molecule has 35 heavy (non-hydrogen) atoms. The molecular weight excluding hydrogens is 446 g/mol. The Labute approximate surface area is 209 Å². The highest BCUT2D eigenvalue weighted by molar-refractivity contribution is 8.35. The number of hydrogen-bond donors (Lipinski definition) is 0. The molecule has 2 aliphatic rings. The lowest BCUT2D eigenvalue weighted by Crippen LogP contribution is -2.56. The van der Waals surface area contributed by atoms with Crippen molar-refractivity contribution in [1.82, 2.24) is 4.90 Å². The molecule has 4 aromatic rings. The summed E-state index contributed by atoms with van der Waals surface area (Å²) in [4.78, 5) is 14.9. The van der Waals surface area contributed by atoms with Crippen LogP contribution >= 0.6 is 10.0 Å². The van der Waals surface area contributed by atoms with E-state index in [0.717, 1.165) is 5.75 Å². The minimum absolute atomic E-state index is 0.195. The van der Waals surface area contributed by atoms with Gasteiger partial charge in [-0.1, -0.05) is 127 Å². The average molecular weight is 476 g/mol. The van der Waals surface area contributed by atoms with Crippen LogP contribution < -0.4 is 0 Å². The highest BCUT2D eigenvalue weighted by atomic mass is 32.3. The monoisotopic (exact) mass is 475 g/mol. The molecule has 0 aliphatic carbocycles. The van der Waals surface area contributed by atoms with Gasteiger partial charge in [0.05, 0.1) is 11.8 Å². The van der Waals surface area contributed by atoms with Crippen LogP contribution in [-0.4, -0.2) is 21.9 Å². The number of carbonyl (C=O) groups excluding carboxylic acids is 1. The van der Waals surface area contributed by atoms with Gasteiger partial charge in [-0.2, -0.15) is 10.0 Å². The molecule has 2 heterocycles. The van der Waals surface area contributed by atoms with E-state index in [-0.39, 0.29) is 21.8 Å². The normalized spacial score (nSPS) is 19.3. The zero-order chi connectivity index (χ0) is 23.7. The first kappa shape index (κ1) is 21.9. The van der Waals surface area contributed by atoms with E-state index in [4.69, 9.17) is 0 Å². The number of carbonyl (C=O) groups is 1. The largest absolute Gasteiger partial charge is 0.308 e. The van der Waals surface area contributed by atoms with Gasteiger partial charge in [-0.15, -0.1) is 0 Å². The predicted molar refractivity (Wildman–Crippen MR) is 146 cm³/mol. The Morgan fingerprint density at radius 1 is 0.600 bits per heavy atom. The second kappa shape index (κ2) is 9.24. The van der Waals surface area contributed by atoms with Gasteiger partial charge < -0.3 is 4.90 Å². The fourth-order valence-electron chi connectivity index (χ4n) is 5.93. The Morgan fingerprint density at radius 2 is 0.971 bits per heavy atom. The molecular formula is C32H29NOS. The van der Waals surface area contributed by atoms with Crippen molar-refractivity contribution in [3.63, 3.8) is 0 Å². The molecule has 4 aromatic carbocycles. The van der Waals surface area contributed by atoms with Crippen molar-refractivity contribution in [3.8, 4) is 0 Å². The highest BCUT2D eigenvalue weighted by Crippen LogP contribution is 2.78. The predicted octanol–water partition coefficient (Wildman–Crippen LogP) is 7.46. The summed E-state index contributed by atoms with van der Waals surface area (Å²) in [5.41, 5.74) is 5.33. The Kier molecular flexibility index (Phi) is 5.79. The summed E-state index contributed by atoms with van der Waals surface area (Å²) in [5, 5.41) is 0.595. The van der Waals surface area contributed by atoms with E-state index in [0.29, 0.717) is 6.42 Å². The molecule has 0 bridgehead atoms. The molecule has 2 aliphatic heterocycles. The van der Waals surface area contributed by atoms with Crippen LogP contribution in [-0.2, 0) is 4.79 Å². The average Bonchev–Trinajstić information content (AvgIpc) is 2.92. The number of rotatable bonds is 6. The maximum Gasteiger partial charge on any atom is 0.230 e. The van der Waals surface area contributed by atoms with E-state index < -0.39 is 10.0 Å². The molecule has 3 heteroatoms. The number of nitrogens with zero attached hydrogens (tertiary/aromatic N) is 1. The molecule has 1 fully saturated rings. The number of β-lactam (4-membered cyclic amide) rings is 1. The topological polar surface area (TPSA) is 20.3 Å². The highest BCUT2D eigenvalue weighted by Gasteiger charge is 2.56. The summed E-state index contributed by atoms with van der Waals surface area (Å²) in [5.74, 6) is 1.22. The smallest absolute Gasteiger partial charge is 0.230 e. The lowest BCUT2D eigenvalue weighted by Gasteiger charge is -2.63. The third-order valence-electron chi connectivity index (χ3n) is 7.39. The molecule has 1 unspecified atom stereocenters. The van der Waals surface area contributed by atoms with E-state index in [1.54, 1.807) is 0 Å². The second-order valence-electron chi connectivity index (χ2n) is 9.32. The molecule has 0 N–H and O–H groups in total. The quantitative estimate of drug-likeness (QED) is 0.265. The van der Waals surface area contributed by atoms with Gasteiger partial charge in [0.2, 0.25) is 5.91 Å². The van der Waals surface area contributed by atoms with Crippen molar-refractivity contribution in [2.45, 2.75) is 22.3 Å². The number of amides is 1. The first-order valence-electron chi connectivity index (χ1n) is 12.2. The van der Waals surface area contributed by atoms with E-state index in [9.17, 15) is 4.79 Å². The van der Waals surface area contributed by atoms with E-state index >= 15 is 0 Å². The lowest BCUT2D eigenvalue weighted by molar-refractivity contribution is -0.137. The Morgan fingerprint density at radius 3 is 1.31 bits per heavy atom. The summed E-state index contributed by atoms with van der Waals surface area (Å²) >= 11 is 0. The maximum absolute atomic E-state index is 12.8. The molecule has 2 nitrogen and oxygen atoms in total. The summed E-state index contributed by atoms with van der Waals surface area (Å²) in [7, 11) is -1.55. The van der Waals surface area contributed by atoms with Gasteiger partial charge in [0.15, 0.2) is 0 Å². The first-order chi connectivity index (χ1) is 17.3. The van der Waals surface area contributed by atoms with Gasteiger partial charge in [-0.3, -0.25) is 4.79 Å². The zero-order valence-electron chi connectivity index (χ0n) is 19.6. The van der Waals surface area contributed by atoms with Crippen LogP contribution in [0.15, 0.2) is 134 Å². The zero-order valence-corrected chi connectivity index (χ0v) is 20.4. The Hall–Kier alpha value is -3.56. The molecule has 1 saturated heterocycles. The standard InChI is InChI=1S/C32H29NOS/c34-29-24-30-33(29)22-13-23-35(30,31(25-14-5-1-6-15-25)26-16-7-2-8-17-26)32(27-18-9-3-10-19-27)28-20-11-4-12-21-28/h1-22,30-32H,23-24H2. The summed E-state index contributed by atoms with van der Waals surface area (Å²) in [6.07, 6.45) is 4.93. The van der Waals surface area contributed by atoms with Gasteiger partial charge in [0.25, 0.3) is 0 Å². The van der Waals surface area contributed by atoms with Crippen LogP contribution in [0.3, 0.4) is 0 Å². The van der Waals surface area contributed by atoms with E-state index in [1.165, 1.54) is 22.3 Å². The Bertz CT molecular complexity index is 1160. The summed E-state index contributed by atoms with van der Waals surface area (Å²) < 4.78 is 0. The van der Waals surface area contributed by atoms with Crippen LogP contribution in [0.4, 0.5) is 0 Å². The molecule has 6 rings (SSSR count). The van der Waals surface area contributed by atoms with Gasteiger partial charge >= 0.3 is 0 Å². The van der Waals surface area contributed by atoms with Crippen LogP contribution in [0, 0.1) is 0 Å². The Balaban J connectivity index is 1.67. The molecule has 1 amide bonds. The van der Waals surface area contributed by atoms with E-state index in [1.807, 2.05) is 11.1 Å². The third-order valence-corrected chi connectivity index (χ3v) is 12.4. The van der Waals surface area contributed by atoms with E-state index in [2.05, 4.69) is 127 Å². The van der Waals surface area contributed by atoms with Crippen molar-refractivity contribution in [1.29, 1.82) is 0 Å². The minimum atomic E-state index is -1.55. The third kappa shape index (κ3) is 3.71. The van der Waals surface area contributed by atoms with Crippen molar-refractivity contribution in [2.75, 3.05) is 5.75 Å². The summed E-state index contributed by atoms with van der Waals surface area (Å²) in [6, 6.07) is 43.9. The molecule has 0 aromatic heterocycles. The van der Waals surface area contributed by atoms with Gasteiger partial charge in [0.1, 0.15) is 0 Å². The molecule has 174 valence electrons. The number of benzene rings is 4. The van der Waals surface area contributed by atoms with Crippen LogP contribution in [0.1, 0.15) is 39.2 Å². The fraction of sp³-hybridized carbons (Fsp3) is 0.156. The summed E-state index contributed by atoms with van der Waals surface area (Å²) in [6.45, 7) is 0. The van der Waals surface area contributed by atoms with Crippen molar-refractivity contribution in [2.24, 2.45) is 0 Å². The molecule has 0 saturated carbocycles. The van der Waals surface area contributed by atoms with Crippen molar-refractivity contribution in [3.05, 3.63) is 156 Å². The molecule has 1 atom stereocenters.